The van der Waals surface area contributed by atoms with E-state index in [0.717, 1.165) is 36.5 Å². The first-order valence-corrected chi connectivity index (χ1v) is 11.5. The van der Waals surface area contributed by atoms with Crippen molar-refractivity contribution in [1.82, 2.24) is 4.90 Å². The van der Waals surface area contributed by atoms with Crippen molar-refractivity contribution in [3.8, 4) is 5.75 Å². The van der Waals surface area contributed by atoms with Crippen LogP contribution in [-0.2, 0) is 12.0 Å². The van der Waals surface area contributed by atoms with Gasteiger partial charge in [0.1, 0.15) is 23.8 Å². The van der Waals surface area contributed by atoms with Gasteiger partial charge in [-0.15, -0.1) is 0 Å². The van der Waals surface area contributed by atoms with Crippen molar-refractivity contribution in [1.29, 1.82) is 0 Å². The molecule has 1 unspecified atom stereocenters. The number of hydrogen-bond donors (Lipinski definition) is 1. The molecular formula is C27H31ClFNO2. The van der Waals surface area contributed by atoms with Gasteiger partial charge in [0, 0.05) is 11.6 Å². The number of nitrogens with zero attached hydrogens (tertiary/aromatic N) is 1. The molecule has 32 heavy (non-hydrogen) atoms. The number of likely N-dealkylation sites (N-methyl/N-ethyl adjacent to an activating group) is 1. The fourth-order valence-electron chi connectivity index (χ4n) is 3.82. The number of rotatable bonds is 11. The average molecular weight is 456 g/mol. The fourth-order valence-corrected chi connectivity index (χ4v) is 3.94. The van der Waals surface area contributed by atoms with Gasteiger partial charge in [-0.2, -0.15) is 0 Å². The van der Waals surface area contributed by atoms with E-state index in [1.54, 1.807) is 12.1 Å². The van der Waals surface area contributed by atoms with Gasteiger partial charge in [-0.1, -0.05) is 61.8 Å². The van der Waals surface area contributed by atoms with Crippen molar-refractivity contribution in [3.63, 3.8) is 0 Å². The van der Waals surface area contributed by atoms with Gasteiger partial charge in [-0.05, 0) is 79.0 Å². The summed E-state index contributed by atoms with van der Waals surface area (Å²) in [7, 11) is 0. The Hall–Kier alpha value is -2.40. The lowest BCUT2D eigenvalue weighted by Gasteiger charge is -2.30. The molecule has 0 radical (unpaired) electrons. The predicted molar refractivity (Wildman–Crippen MR) is 129 cm³/mol. The molecule has 0 amide bonds. The van der Waals surface area contributed by atoms with Gasteiger partial charge in [-0.25, -0.2) is 4.39 Å². The number of benzene rings is 3. The van der Waals surface area contributed by atoms with Crippen LogP contribution in [0.15, 0.2) is 72.8 Å². The standard InChI is InChI=1S/C27H31ClFNO2/c1-3-30(4-2)19-20-32-26-15-9-23(10-16-26)27(31,22-7-13-25(29)14-8-22)18-17-21-5-11-24(28)12-6-21/h5-16,31H,3-4,17-20H2,1-2H3. The van der Waals surface area contributed by atoms with Gasteiger partial charge in [-0.3, -0.25) is 0 Å². The first-order valence-electron chi connectivity index (χ1n) is 11.1. The third kappa shape index (κ3) is 6.32. The molecule has 1 N–H and O–H groups in total. The van der Waals surface area contributed by atoms with Crippen molar-refractivity contribution in [3.05, 3.63) is 100 Å². The molecule has 0 saturated heterocycles. The zero-order valence-corrected chi connectivity index (χ0v) is 19.5. The largest absolute Gasteiger partial charge is 0.492 e. The van der Waals surface area contributed by atoms with Crippen LogP contribution in [-0.4, -0.2) is 36.2 Å². The second kappa shape index (κ2) is 11.5. The molecule has 170 valence electrons. The topological polar surface area (TPSA) is 32.7 Å². The molecule has 0 aliphatic heterocycles. The number of halogens is 2. The van der Waals surface area contributed by atoms with Crippen LogP contribution in [0.1, 0.15) is 37.0 Å². The summed E-state index contributed by atoms with van der Waals surface area (Å²) in [4.78, 5) is 2.30. The van der Waals surface area contributed by atoms with Crippen molar-refractivity contribution < 1.29 is 14.2 Å². The zero-order chi connectivity index (χ0) is 23.0. The van der Waals surface area contributed by atoms with Crippen LogP contribution in [0.2, 0.25) is 5.02 Å². The molecule has 0 aliphatic carbocycles. The van der Waals surface area contributed by atoms with E-state index in [0.29, 0.717) is 30.0 Å². The predicted octanol–water partition coefficient (Wildman–Crippen LogP) is 6.07. The number of aliphatic hydroxyl groups is 1. The third-order valence-electron chi connectivity index (χ3n) is 5.91. The summed E-state index contributed by atoms with van der Waals surface area (Å²) in [6, 6.07) is 21.2. The van der Waals surface area contributed by atoms with Crippen LogP contribution in [0.5, 0.6) is 5.75 Å². The van der Waals surface area contributed by atoms with Crippen LogP contribution in [0, 0.1) is 5.82 Å². The van der Waals surface area contributed by atoms with Crippen molar-refractivity contribution >= 4 is 11.6 Å². The molecule has 0 aromatic heterocycles. The van der Waals surface area contributed by atoms with Gasteiger partial charge in [0.15, 0.2) is 0 Å². The maximum Gasteiger partial charge on any atom is 0.123 e. The Kier molecular flexibility index (Phi) is 8.68. The maximum atomic E-state index is 13.5. The molecule has 3 nitrogen and oxygen atoms in total. The van der Waals surface area contributed by atoms with E-state index in [1.165, 1.54) is 12.1 Å². The highest BCUT2D eigenvalue weighted by Gasteiger charge is 2.31. The van der Waals surface area contributed by atoms with Crippen LogP contribution in [0.25, 0.3) is 0 Å². The number of hydrogen-bond acceptors (Lipinski definition) is 3. The Balaban J connectivity index is 1.78. The summed E-state index contributed by atoms with van der Waals surface area (Å²) in [6.45, 7) is 7.75. The summed E-state index contributed by atoms with van der Waals surface area (Å²) in [6.07, 6.45) is 1.09. The minimum atomic E-state index is -1.26. The summed E-state index contributed by atoms with van der Waals surface area (Å²) in [5.41, 5.74) is 1.22. The Morgan fingerprint density at radius 3 is 2.00 bits per heavy atom. The maximum absolute atomic E-state index is 13.5. The molecular weight excluding hydrogens is 425 g/mol. The Bertz CT molecular complexity index is 956. The van der Waals surface area contributed by atoms with E-state index in [4.69, 9.17) is 16.3 Å². The molecule has 0 heterocycles. The smallest absolute Gasteiger partial charge is 0.123 e. The third-order valence-corrected chi connectivity index (χ3v) is 6.17. The van der Waals surface area contributed by atoms with E-state index < -0.39 is 5.60 Å². The lowest BCUT2D eigenvalue weighted by Crippen LogP contribution is -2.28. The first kappa shape index (κ1) is 24.2. The van der Waals surface area contributed by atoms with Crippen LogP contribution >= 0.6 is 11.6 Å². The van der Waals surface area contributed by atoms with E-state index in [9.17, 15) is 9.50 Å². The normalized spacial score (nSPS) is 13.2. The highest BCUT2D eigenvalue weighted by molar-refractivity contribution is 6.30. The van der Waals surface area contributed by atoms with Crippen LogP contribution < -0.4 is 4.74 Å². The van der Waals surface area contributed by atoms with Gasteiger partial charge in [0.2, 0.25) is 0 Å². The fraction of sp³-hybridized carbons (Fsp3) is 0.333. The van der Waals surface area contributed by atoms with Crippen molar-refractivity contribution in [2.24, 2.45) is 0 Å². The molecule has 0 bridgehead atoms. The monoisotopic (exact) mass is 455 g/mol. The SMILES string of the molecule is CCN(CC)CCOc1ccc(C(O)(CCc2ccc(Cl)cc2)c2ccc(F)cc2)cc1. The molecule has 0 fully saturated rings. The quantitative estimate of drug-likeness (QED) is 0.381. The second-order valence-corrected chi connectivity index (χ2v) is 8.33. The molecule has 3 aromatic rings. The summed E-state index contributed by atoms with van der Waals surface area (Å²) < 4.78 is 19.4. The Morgan fingerprint density at radius 2 is 1.44 bits per heavy atom. The van der Waals surface area contributed by atoms with Crippen molar-refractivity contribution in [2.45, 2.75) is 32.3 Å². The van der Waals surface area contributed by atoms with Gasteiger partial charge in [0.25, 0.3) is 0 Å². The number of aryl methyl sites for hydroxylation is 1. The zero-order valence-electron chi connectivity index (χ0n) is 18.7. The average Bonchev–Trinajstić information content (AvgIpc) is 2.82. The summed E-state index contributed by atoms with van der Waals surface area (Å²) >= 11 is 5.99. The lowest BCUT2D eigenvalue weighted by atomic mass is 9.81. The molecule has 5 heteroatoms. The lowest BCUT2D eigenvalue weighted by molar-refractivity contribution is 0.0712. The first-order chi connectivity index (χ1) is 15.4. The Morgan fingerprint density at radius 1 is 0.875 bits per heavy atom. The van der Waals surface area contributed by atoms with E-state index in [1.807, 2.05) is 48.5 Å². The molecule has 0 aliphatic rings. The molecule has 0 spiro atoms. The summed E-state index contributed by atoms with van der Waals surface area (Å²) in [5, 5.41) is 12.4. The van der Waals surface area contributed by atoms with E-state index in [-0.39, 0.29) is 5.82 Å². The highest BCUT2D eigenvalue weighted by atomic mass is 35.5. The molecule has 0 saturated carbocycles. The highest BCUT2D eigenvalue weighted by Crippen LogP contribution is 2.35. The second-order valence-electron chi connectivity index (χ2n) is 7.89. The van der Waals surface area contributed by atoms with E-state index in [2.05, 4.69) is 18.7 Å². The van der Waals surface area contributed by atoms with Gasteiger partial charge >= 0.3 is 0 Å². The van der Waals surface area contributed by atoms with E-state index >= 15 is 0 Å². The van der Waals surface area contributed by atoms with Crippen LogP contribution in [0.3, 0.4) is 0 Å². The van der Waals surface area contributed by atoms with Crippen LogP contribution in [0.4, 0.5) is 4.39 Å². The molecule has 3 aromatic carbocycles. The molecule has 1 atom stereocenters. The number of ether oxygens (including phenoxy) is 1. The van der Waals surface area contributed by atoms with Gasteiger partial charge in [0.05, 0.1) is 0 Å². The minimum Gasteiger partial charge on any atom is -0.492 e. The van der Waals surface area contributed by atoms with Gasteiger partial charge < -0.3 is 14.7 Å². The summed E-state index contributed by atoms with van der Waals surface area (Å²) in [5.74, 6) is 0.436. The molecule has 3 rings (SSSR count). The van der Waals surface area contributed by atoms with Crippen molar-refractivity contribution in [2.75, 3.05) is 26.2 Å². The Labute approximate surface area is 195 Å². The minimum absolute atomic E-state index is 0.328.